The third-order valence-electron chi connectivity index (χ3n) is 4.33. The molecule has 2 aromatic carbocycles. The van der Waals surface area contributed by atoms with E-state index in [-0.39, 0.29) is 23.2 Å². The van der Waals surface area contributed by atoms with Gasteiger partial charge in [0.25, 0.3) is 11.6 Å². The number of nitrogens with zero attached hydrogens (tertiary/aromatic N) is 2. The maximum atomic E-state index is 12.8. The van der Waals surface area contributed by atoms with Crippen LogP contribution in [-0.4, -0.2) is 38.1 Å². The van der Waals surface area contributed by atoms with E-state index >= 15 is 0 Å². The van der Waals surface area contributed by atoms with Crippen molar-refractivity contribution < 1.29 is 19.2 Å². The highest BCUT2D eigenvalue weighted by Crippen LogP contribution is 2.33. The summed E-state index contributed by atoms with van der Waals surface area (Å²) < 4.78 is 11.1. The molecule has 27 heavy (non-hydrogen) atoms. The average Bonchev–Trinajstić information content (AvgIpc) is 2.66. The van der Waals surface area contributed by atoms with E-state index in [9.17, 15) is 14.9 Å². The molecule has 0 aromatic heterocycles. The monoisotopic (exact) mass is 371 g/mol. The molecule has 1 unspecified atom stereocenters. The van der Waals surface area contributed by atoms with Gasteiger partial charge in [-0.15, -0.1) is 0 Å². The number of carbonyl (C=O) groups excluding carboxylic acids is 1. The fourth-order valence-corrected chi connectivity index (χ4v) is 2.90. The van der Waals surface area contributed by atoms with Crippen LogP contribution in [0.25, 0.3) is 0 Å². The van der Waals surface area contributed by atoms with Crippen LogP contribution in [0.3, 0.4) is 0 Å². The first-order chi connectivity index (χ1) is 12.9. The maximum absolute atomic E-state index is 12.8. The van der Waals surface area contributed by atoms with E-state index in [1.807, 2.05) is 25.1 Å². The molecular weight excluding hydrogens is 350 g/mol. The summed E-state index contributed by atoms with van der Waals surface area (Å²) in [6.45, 7) is 2.84. The minimum absolute atomic E-state index is 0.127. The summed E-state index contributed by atoms with van der Waals surface area (Å²) in [7, 11) is 3.56. The van der Waals surface area contributed by atoms with Crippen molar-refractivity contribution >= 4 is 17.3 Å². The quantitative estimate of drug-likeness (QED) is 0.642. The highest BCUT2D eigenvalue weighted by molar-refractivity contribution is 6.00. The molecule has 1 N–H and O–H groups in total. The van der Waals surface area contributed by atoms with Gasteiger partial charge in [-0.05, 0) is 30.7 Å². The second-order valence-electron chi connectivity index (χ2n) is 6.45. The molecule has 8 nitrogen and oxygen atoms in total. The maximum Gasteiger partial charge on any atom is 0.270 e. The molecule has 142 valence electrons. The molecule has 3 rings (SSSR count). The van der Waals surface area contributed by atoms with E-state index in [0.29, 0.717) is 30.4 Å². The zero-order chi connectivity index (χ0) is 19.6. The lowest BCUT2D eigenvalue weighted by atomic mass is 10.1. The number of nitro groups is 1. The van der Waals surface area contributed by atoms with Crippen molar-refractivity contribution in [3.05, 3.63) is 57.6 Å². The van der Waals surface area contributed by atoms with E-state index in [4.69, 9.17) is 9.47 Å². The predicted octanol–water partition coefficient (Wildman–Crippen LogP) is 2.92. The van der Waals surface area contributed by atoms with Crippen LogP contribution < -0.4 is 19.7 Å². The van der Waals surface area contributed by atoms with Crippen molar-refractivity contribution in [2.45, 2.75) is 13.0 Å². The Bertz CT molecular complexity index is 882. The summed E-state index contributed by atoms with van der Waals surface area (Å²) >= 11 is 0. The number of benzene rings is 2. The Morgan fingerprint density at radius 2 is 1.85 bits per heavy atom. The molecule has 0 fully saturated rings. The van der Waals surface area contributed by atoms with Crippen LogP contribution in [0.1, 0.15) is 28.9 Å². The van der Waals surface area contributed by atoms with Gasteiger partial charge in [-0.3, -0.25) is 14.9 Å². The first kappa shape index (κ1) is 18.5. The molecule has 2 aromatic rings. The number of carbonyl (C=O) groups is 1. The summed E-state index contributed by atoms with van der Waals surface area (Å²) in [5.74, 6) is 0.936. The van der Waals surface area contributed by atoms with Gasteiger partial charge in [-0.2, -0.15) is 0 Å². The smallest absolute Gasteiger partial charge is 0.270 e. The van der Waals surface area contributed by atoms with Gasteiger partial charge in [-0.1, -0.05) is 6.07 Å². The molecule has 0 saturated heterocycles. The number of rotatable bonds is 5. The summed E-state index contributed by atoms with van der Waals surface area (Å²) in [4.78, 5) is 25.1. The number of non-ortho nitro benzene ring substituents is 1. The minimum atomic E-state index is -0.513. The lowest BCUT2D eigenvalue weighted by Crippen LogP contribution is -2.28. The average molecular weight is 371 g/mol. The zero-order valence-electron chi connectivity index (χ0n) is 15.4. The second kappa shape index (κ2) is 7.53. The van der Waals surface area contributed by atoms with E-state index in [2.05, 4.69) is 5.32 Å². The van der Waals surface area contributed by atoms with Crippen LogP contribution >= 0.6 is 0 Å². The molecular formula is C19H21N3O5. The summed E-state index contributed by atoms with van der Waals surface area (Å²) in [5, 5.41) is 14.0. The van der Waals surface area contributed by atoms with Gasteiger partial charge in [0.05, 0.1) is 16.5 Å². The molecule has 1 heterocycles. The number of hydrogen-bond acceptors (Lipinski definition) is 6. The van der Waals surface area contributed by atoms with Crippen molar-refractivity contribution in [1.82, 2.24) is 5.32 Å². The number of anilines is 1. The standard InChI is InChI=1S/C19H21N3O5/c1-12(13-4-7-17-18(10-13)27-9-8-26-17)20-19(23)15-11-14(22(24)25)5-6-16(15)21(2)3/h4-7,10-12H,8-9H2,1-3H3,(H,20,23). The summed E-state index contributed by atoms with van der Waals surface area (Å²) in [5.41, 5.74) is 1.58. The van der Waals surface area contributed by atoms with E-state index in [0.717, 1.165) is 5.56 Å². The Kier molecular flexibility index (Phi) is 5.16. The van der Waals surface area contributed by atoms with Crippen molar-refractivity contribution in [3.8, 4) is 11.5 Å². The predicted molar refractivity (Wildman–Crippen MR) is 101 cm³/mol. The molecule has 1 atom stereocenters. The van der Waals surface area contributed by atoms with Gasteiger partial charge in [0, 0.05) is 31.9 Å². The lowest BCUT2D eigenvalue weighted by Gasteiger charge is -2.22. The van der Waals surface area contributed by atoms with E-state index < -0.39 is 4.92 Å². The van der Waals surface area contributed by atoms with Crippen molar-refractivity contribution in [2.75, 3.05) is 32.2 Å². The normalized spacial score (nSPS) is 13.6. The number of nitrogens with one attached hydrogen (secondary N) is 1. The van der Waals surface area contributed by atoms with Gasteiger partial charge in [0.15, 0.2) is 11.5 Å². The van der Waals surface area contributed by atoms with Crippen LogP contribution in [0, 0.1) is 10.1 Å². The molecule has 8 heteroatoms. The number of fused-ring (bicyclic) bond motifs is 1. The first-order valence-corrected chi connectivity index (χ1v) is 8.53. The van der Waals surface area contributed by atoms with E-state index in [1.54, 1.807) is 25.1 Å². The number of ether oxygens (including phenoxy) is 2. The fraction of sp³-hybridized carbons (Fsp3) is 0.316. The van der Waals surface area contributed by atoms with Gasteiger partial charge < -0.3 is 19.7 Å². The Labute approximate surface area is 156 Å². The van der Waals surface area contributed by atoms with Crippen LogP contribution in [-0.2, 0) is 0 Å². The molecule has 1 amide bonds. The SMILES string of the molecule is CC(NC(=O)c1cc([N+](=O)[O-])ccc1N(C)C)c1ccc2c(c1)OCCO2. The van der Waals surface area contributed by atoms with Crippen molar-refractivity contribution in [2.24, 2.45) is 0 Å². The lowest BCUT2D eigenvalue weighted by molar-refractivity contribution is -0.384. The van der Waals surface area contributed by atoms with Gasteiger partial charge in [0.2, 0.25) is 0 Å². The van der Waals surface area contributed by atoms with Gasteiger partial charge in [0.1, 0.15) is 13.2 Å². The topological polar surface area (TPSA) is 93.9 Å². The van der Waals surface area contributed by atoms with Crippen molar-refractivity contribution in [3.63, 3.8) is 0 Å². The molecule has 1 aliphatic heterocycles. The van der Waals surface area contributed by atoms with Crippen LogP contribution in [0.4, 0.5) is 11.4 Å². The van der Waals surface area contributed by atoms with E-state index in [1.165, 1.54) is 12.1 Å². The molecule has 0 bridgehead atoms. The van der Waals surface area contributed by atoms with Crippen LogP contribution in [0.15, 0.2) is 36.4 Å². The number of amides is 1. The Morgan fingerprint density at radius 3 is 2.52 bits per heavy atom. The summed E-state index contributed by atoms with van der Waals surface area (Å²) in [6, 6.07) is 9.44. The van der Waals surface area contributed by atoms with Gasteiger partial charge >= 0.3 is 0 Å². The Hall–Kier alpha value is -3.29. The molecule has 0 aliphatic carbocycles. The summed E-state index contributed by atoms with van der Waals surface area (Å²) in [6.07, 6.45) is 0. The third-order valence-corrected chi connectivity index (χ3v) is 4.33. The Morgan fingerprint density at radius 1 is 1.15 bits per heavy atom. The number of nitro benzene ring substituents is 1. The minimum Gasteiger partial charge on any atom is -0.486 e. The van der Waals surface area contributed by atoms with Gasteiger partial charge in [-0.25, -0.2) is 0 Å². The molecule has 0 radical (unpaired) electrons. The Balaban J connectivity index is 1.84. The van der Waals surface area contributed by atoms with Crippen LogP contribution in [0.2, 0.25) is 0 Å². The highest BCUT2D eigenvalue weighted by atomic mass is 16.6. The fourth-order valence-electron chi connectivity index (χ4n) is 2.90. The third kappa shape index (κ3) is 3.94. The second-order valence-corrected chi connectivity index (χ2v) is 6.45. The highest BCUT2D eigenvalue weighted by Gasteiger charge is 2.21. The molecule has 0 spiro atoms. The number of hydrogen-bond donors (Lipinski definition) is 1. The molecule has 1 aliphatic rings. The molecule has 0 saturated carbocycles. The first-order valence-electron chi connectivity index (χ1n) is 8.53. The largest absolute Gasteiger partial charge is 0.486 e. The van der Waals surface area contributed by atoms with Crippen LogP contribution in [0.5, 0.6) is 11.5 Å². The zero-order valence-corrected chi connectivity index (χ0v) is 15.4. The van der Waals surface area contributed by atoms with Crippen molar-refractivity contribution in [1.29, 1.82) is 0 Å².